The molecule has 2 atom stereocenters. The van der Waals surface area contributed by atoms with Crippen LogP contribution in [0.2, 0.25) is 0 Å². The van der Waals surface area contributed by atoms with Crippen LogP contribution in [0.5, 0.6) is 5.75 Å². The normalized spacial score (nSPS) is 22.3. The van der Waals surface area contributed by atoms with E-state index >= 15 is 0 Å². The number of benzene rings is 2. The molecule has 7 heteroatoms. The van der Waals surface area contributed by atoms with Crippen LogP contribution in [0.1, 0.15) is 44.1 Å². The zero-order valence-electron chi connectivity index (χ0n) is 20.7. The van der Waals surface area contributed by atoms with Crippen molar-refractivity contribution in [2.45, 2.75) is 45.3 Å². The van der Waals surface area contributed by atoms with E-state index in [4.69, 9.17) is 14.7 Å². The number of nitrogens with one attached hydrogen (secondary N) is 1. The molecule has 1 aliphatic heterocycles. The summed E-state index contributed by atoms with van der Waals surface area (Å²) in [5, 5.41) is 14.2. The molecule has 0 bridgehead atoms. The molecule has 2 unspecified atom stereocenters. The van der Waals surface area contributed by atoms with Gasteiger partial charge in [0.1, 0.15) is 11.4 Å². The highest BCUT2D eigenvalue weighted by Gasteiger charge is 2.42. The number of likely N-dealkylation sites (tertiary alicyclic amines) is 1. The van der Waals surface area contributed by atoms with Gasteiger partial charge in [-0.3, -0.25) is 9.69 Å². The summed E-state index contributed by atoms with van der Waals surface area (Å²) in [5.74, 6) is 2.30. The van der Waals surface area contributed by atoms with Crippen LogP contribution in [0.25, 0.3) is 22.3 Å². The Morgan fingerprint density at radius 1 is 1.09 bits per heavy atom. The summed E-state index contributed by atoms with van der Waals surface area (Å²) in [4.78, 5) is 25.2. The first kappa shape index (κ1) is 23.7. The lowest BCUT2D eigenvalue weighted by atomic mass is 10.0. The van der Waals surface area contributed by atoms with Crippen molar-refractivity contribution < 1.29 is 14.6 Å². The van der Waals surface area contributed by atoms with E-state index in [1.165, 1.54) is 0 Å². The van der Waals surface area contributed by atoms with Crippen molar-refractivity contribution >= 4 is 16.8 Å². The van der Waals surface area contributed by atoms with Crippen molar-refractivity contribution in [2.75, 3.05) is 26.2 Å². The van der Waals surface area contributed by atoms with Crippen LogP contribution in [0, 0.1) is 11.8 Å². The molecule has 1 aliphatic carbocycles. The molecule has 1 saturated heterocycles. The van der Waals surface area contributed by atoms with Crippen LogP contribution < -0.4 is 10.1 Å². The predicted molar refractivity (Wildman–Crippen MR) is 136 cm³/mol. The van der Waals surface area contributed by atoms with Gasteiger partial charge in [-0.05, 0) is 75.8 Å². The Balaban J connectivity index is 1.33. The lowest BCUT2D eigenvalue weighted by Crippen LogP contribution is -2.39. The van der Waals surface area contributed by atoms with E-state index in [1.54, 1.807) is 0 Å². The van der Waals surface area contributed by atoms with Crippen molar-refractivity contribution in [3.8, 4) is 17.1 Å². The molecule has 2 aromatic carbocycles. The number of aromatic nitrogens is 2. The highest BCUT2D eigenvalue weighted by molar-refractivity contribution is 6.05. The Kier molecular flexibility index (Phi) is 6.47. The lowest BCUT2D eigenvalue weighted by molar-refractivity contribution is 0.0413. The van der Waals surface area contributed by atoms with E-state index in [-0.39, 0.29) is 11.9 Å². The SMILES string of the molecule is CCOc1ccc(-c2nc(C(=O)NC3CC4CN(CC(C)(C)O)CC4C3)c3ccccc3n2)cc1. The van der Waals surface area contributed by atoms with Crippen LogP contribution in [0.3, 0.4) is 0 Å². The third-order valence-corrected chi connectivity index (χ3v) is 7.01. The predicted octanol–water partition coefficient (Wildman–Crippen LogP) is 3.91. The van der Waals surface area contributed by atoms with Crippen molar-refractivity contribution in [3.63, 3.8) is 0 Å². The second kappa shape index (κ2) is 9.55. The first-order valence-corrected chi connectivity index (χ1v) is 12.5. The zero-order valence-corrected chi connectivity index (χ0v) is 20.7. The van der Waals surface area contributed by atoms with Gasteiger partial charge in [0.05, 0.1) is 17.7 Å². The average molecular weight is 475 g/mol. The number of ether oxygens (including phenoxy) is 1. The molecule has 35 heavy (non-hydrogen) atoms. The third-order valence-electron chi connectivity index (χ3n) is 7.01. The fraction of sp³-hybridized carbons (Fsp3) is 0.464. The van der Waals surface area contributed by atoms with Crippen LogP contribution in [-0.4, -0.2) is 63.8 Å². The van der Waals surface area contributed by atoms with Gasteiger partial charge in [-0.25, -0.2) is 9.97 Å². The maximum Gasteiger partial charge on any atom is 0.270 e. The Bertz CT molecular complexity index is 1190. The van der Waals surface area contributed by atoms with E-state index in [2.05, 4.69) is 10.2 Å². The summed E-state index contributed by atoms with van der Waals surface area (Å²) < 4.78 is 5.54. The number of amides is 1. The summed E-state index contributed by atoms with van der Waals surface area (Å²) >= 11 is 0. The van der Waals surface area contributed by atoms with Gasteiger partial charge >= 0.3 is 0 Å². The number of rotatable bonds is 7. The summed E-state index contributed by atoms with van der Waals surface area (Å²) in [6, 6.07) is 15.5. The minimum absolute atomic E-state index is 0.143. The number of carbonyl (C=O) groups is 1. The quantitative estimate of drug-likeness (QED) is 0.540. The molecule has 1 aromatic heterocycles. The van der Waals surface area contributed by atoms with Gasteiger partial charge in [0, 0.05) is 36.6 Å². The number of hydrogen-bond acceptors (Lipinski definition) is 6. The highest BCUT2D eigenvalue weighted by Crippen LogP contribution is 2.38. The Labute approximate surface area is 206 Å². The van der Waals surface area contributed by atoms with E-state index < -0.39 is 5.60 Å². The number of para-hydroxylation sites is 1. The van der Waals surface area contributed by atoms with E-state index in [9.17, 15) is 9.90 Å². The molecule has 3 aromatic rings. The molecule has 2 N–H and O–H groups in total. The van der Waals surface area contributed by atoms with E-state index in [1.807, 2.05) is 69.3 Å². The number of fused-ring (bicyclic) bond motifs is 2. The highest BCUT2D eigenvalue weighted by atomic mass is 16.5. The summed E-state index contributed by atoms with van der Waals surface area (Å²) in [5.41, 5.74) is 1.33. The Hall–Kier alpha value is -3.03. The largest absolute Gasteiger partial charge is 0.494 e. The number of nitrogens with zero attached hydrogens (tertiary/aromatic N) is 3. The number of β-amino-alcohol motifs (C(OH)–C–C–N with tert-alkyl or cyclic N) is 1. The average Bonchev–Trinajstić information content (AvgIpc) is 3.35. The number of carbonyl (C=O) groups excluding carboxylic acids is 1. The maximum absolute atomic E-state index is 13.4. The second-order valence-corrected chi connectivity index (χ2v) is 10.5. The van der Waals surface area contributed by atoms with E-state index in [0.29, 0.717) is 36.5 Å². The molecule has 2 fully saturated rings. The van der Waals surface area contributed by atoms with Crippen molar-refractivity contribution in [2.24, 2.45) is 11.8 Å². The van der Waals surface area contributed by atoms with Crippen molar-refractivity contribution in [1.29, 1.82) is 0 Å². The van der Waals surface area contributed by atoms with Crippen LogP contribution in [-0.2, 0) is 0 Å². The first-order chi connectivity index (χ1) is 16.8. The molecule has 2 heterocycles. The van der Waals surface area contributed by atoms with E-state index in [0.717, 1.165) is 48.1 Å². The fourth-order valence-corrected chi connectivity index (χ4v) is 5.69. The minimum Gasteiger partial charge on any atom is -0.494 e. The number of aliphatic hydroxyl groups is 1. The van der Waals surface area contributed by atoms with Crippen LogP contribution in [0.4, 0.5) is 0 Å². The molecule has 2 aliphatic rings. The molecular formula is C28H34N4O3. The van der Waals surface area contributed by atoms with Crippen molar-refractivity contribution in [3.05, 3.63) is 54.2 Å². The molecule has 7 nitrogen and oxygen atoms in total. The first-order valence-electron chi connectivity index (χ1n) is 12.5. The van der Waals surface area contributed by atoms with Gasteiger partial charge in [-0.15, -0.1) is 0 Å². The third kappa shape index (κ3) is 5.31. The molecule has 1 amide bonds. The molecule has 0 radical (unpaired) electrons. The monoisotopic (exact) mass is 474 g/mol. The smallest absolute Gasteiger partial charge is 0.270 e. The van der Waals surface area contributed by atoms with Crippen LogP contribution in [0.15, 0.2) is 48.5 Å². The lowest BCUT2D eigenvalue weighted by Gasteiger charge is -2.26. The molecule has 1 saturated carbocycles. The van der Waals surface area contributed by atoms with Gasteiger partial charge in [-0.2, -0.15) is 0 Å². The molecule has 184 valence electrons. The van der Waals surface area contributed by atoms with Crippen molar-refractivity contribution in [1.82, 2.24) is 20.2 Å². The minimum atomic E-state index is -0.679. The standard InChI is InChI=1S/C28H34N4O3/c1-4-35-22-11-9-18(10-12-22)26-30-24-8-6-5-7-23(24)25(31-26)27(33)29-21-13-19-15-32(16-20(19)14-21)17-28(2,3)34/h5-12,19-21,34H,4,13-17H2,1-3H3,(H,29,33). The molecule has 5 rings (SSSR count). The molecule has 0 spiro atoms. The topological polar surface area (TPSA) is 87.6 Å². The van der Waals surface area contributed by atoms with Gasteiger partial charge in [0.2, 0.25) is 0 Å². The van der Waals surface area contributed by atoms with Gasteiger partial charge in [0.25, 0.3) is 5.91 Å². The summed E-state index contributed by atoms with van der Waals surface area (Å²) in [7, 11) is 0. The Morgan fingerprint density at radius 3 is 2.43 bits per heavy atom. The second-order valence-electron chi connectivity index (χ2n) is 10.5. The summed E-state index contributed by atoms with van der Waals surface area (Å²) in [6.45, 7) is 8.94. The van der Waals surface area contributed by atoms with Gasteiger partial charge < -0.3 is 15.2 Å². The Morgan fingerprint density at radius 2 is 1.77 bits per heavy atom. The summed E-state index contributed by atoms with van der Waals surface area (Å²) in [6.07, 6.45) is 1.93. The fourth-order valence-electron chi connectivity index (χ4n) is 5.69. The number of hydrogen-bond donors (Lipinski definition) is 2. The zero-order chi connectivity index (χ0) is 24.6. The van der Waals surface area contributed by atoms with Gasteiger partial charge in [-0.1, -0.05) is 18.2 Å². The maximum atomic E-state index is 13.4. The van der Waals surface area contributed by atoms with Gasteiger partial charge in [0.15, 0.2) is 5.82 Å². The molecular weight excluding hydrogens is 440 g/mol. The van der Waals surface area contributed by atoms with Crippen LogP contribution >= 0.6 is 0 Å².